The number of hydrogen-bond acceptors (Lipinski definition) is 4. The number of aromatic nitrogens is 2. The number of nitrogens with zero attached hydrogens (tertiary/aromatic N) is 2. The Morgan fingerprint density at radius 3 is 2.94 bits per heavy atom. The highest BCUT2D eigenvalue weighted by Crippen LogP contribution is 2.05. The summed E-state index contributed by atoms with van der Waals surface area (Å²) in [5.41, 5.74) is 5.91. The summed E-state index contributed by atoms with van der Waals surface area (Å²) in [5, 5.41) is 0. The second kappa shape index (κ2) is 5.60. The lowest BCUT2D eigenvalue weighted by molar-refractivity contribution is 0.343. The average molecular weight is 241 g/mol. The molecule has 0 radical (unpaired) electrons. The molecule has 16 heavy (non-hydrogen) atoms. The van der Waals surface area contributed by atoms with Crippen LogP contribution in [0.25, 0.3) is 0 Å². The van der Waals surface area contributed by atoms with Gasteiger partial charge in [0.15, 0.2) is 0 Å². The van der Waals surface area contributed by atoms with Gasteiger partial charge in [0.2, 0.25) is 0 Å². The first kappa shape index (κ1) is 12.6. The monoisotopic (exact) mass is 241 g/mol. The maximum Gasteiger partial charge on any atom is 0.299 e. The maximum absolute atomic E-state index is 11.7. The summed E-state index contributed by atoms with van der Waals surface area (Å²) in [7, 11) is 1.49. The first-order valence-corrected chi connectivity index (χ1v) is 5.36. The van der Waals surface area contributed by atoms with Crippen molar-refractivity contribution in [3.05, 3.63) is 22.1 Å². The van der Waals surface area contributed by atoms with Crippen molar-refractivity contribution >= 4 is 17.2 Å². The Balaban J connectivity index is 2.86. The van der Waals surface area contributed by atoms with Crippen LogP contribution in [0.4, 0.5) is 0 Å². The molecule has 1 aromatic heterocycles. The highest BCUT2D eigenvalue weighted by Gasteiger charge is 2.06. The third-order valence-corrected chi connectivity index (χ3v) is 2.29. The number of ether oxygens (including phenoxy) is 1. The van der Waals surface area contributed by atoms with Crippen LogP contribution in [0.3, 0.4) is 0 Å². The fourth-order valence-electron chi connectivity index (χ4n) is 1.37. The summed E-state index contributed by atoms with van der Waals surface area (Å²) in [6, 6.07) is 1.80. The molecule has 0 amide bonds. The van der Waals surface area contributed by atoms with Crippen molar-refractivity contribution in [3.8, 4) is 6.01 Å². The van der Waals surface area contributed by atoms with Crippen molar-refractivity contribution in [1.29, 1.82) is 0 Å². The Labute approximate surface area is 99.2 Å². The van der Waals surface area contributed by atoms with Crippen molar-refractivity contribution in [3.63, 3.8) is 0 Å². The molecule has 0 aliphatic carbocycles. The molecule has 0 aromatic carbocycles. The highest BCUT2D eigenvalue weighted by molar-refractivity contribution is 7.80. The Morgan fingerprint density at radius 2 is 2.38 bits per heavy atom. The Hall–Kier alpha value is -1.43. The van der Waals surface area contributed by atoms with Gasteiger partial charge in [-0.3, -0.25) is 9.36 Å². The van der Waals surface area contributed by atoms with E-state index in [4.69, 9.17) is 22.7 Å². The fraction of sp³-hybridized carbons (Fsp3) is 0.500. The zero-order chi connectivity index (χ0) is 12.1. The van der Waals surface area contributed by atoms with Crippen molar-refractivity contribution in [2.45, 2.75) is 26.3 Å². The molecule has 88 valence electrons. The van der Waals surface area contributed by atoms with Crippen LogP contribution < -0.4 is 16.0 Å². The first-order valence-electron chi connectivity index (χ1n) is 4.95. The van der Waals surface area contributed by atoms with Gasteiger partial charge < -0.3 is 10.5 Å². The van der Waals surface area contributed by atoms with E-state index in [2.05, 4.69) is 4.98 Å². The maximum atomic E-state index is 11.7. The van der Waals surface area contributed by atoms with E-state index in [9.17, 15) is 4.79 Å². The largest absolute Gasteiger partial charge is 0.468 e. The molecule has 0 bridgehead atoms. The molecule has 0 fully saturated rings. The molecule has 5 nitrogen and oxygen atoms in total. The van der Waals surface area contributed by atoms with E-state index in [1.165, 1.54) is 17.7 Å². The number of rotatable bonds is 5. The number of nitrogens with two attached hydrogens (primary N) is 1. The quantitative estimate of drug-likeness (QED) is 0.765. The topological polar surface area (TPSA) is 70.1 Å². The normalized spacial score (nSPS) is 10.1. The summed E-state index contributed by atoms with van der Waals surface area (Å²) < 4.78 is 6.53. The smallest absolute Gasteiger partial charge is 0.299 e. The number of aryl methyl sites for hydroxylation is 1. The molecule has 0 aliphatic rings. The fourth-order valence-corrected chi connectivity index (χ4v) is 1.51. The lowest BCUT2D eigenvalue weighted by Crippen LogP contribution is -2.23. The van der Waals surface area contributed by atoms with E-state index < -0.39 is 0 Å². The molecule has 0 atom stereocenters. The standard InChI is InChI=1S/C10H15N3O2S/c1-7-6-9(14)13(10(12-7)15-2)5-3-4-8(11)16/h6H,3-5H2,1-2H3,(H2,11,16). The predicted molar refractivity (Wildman–Crippen MR) is 65.8 cm³/mol. The molecular formula is C10H15N3O2S. The Morgan fingerprint density at radius 1 is 1.69 bits per heavy atom. The van der Waals surface area contributed by atoms with Crippen LogP contribution in [0.2, 0.25) is 0 Å². The van der Waals surface area contributed by atoms with Crippen LogP contribution in [0, 0.1) is 6.92 Å². The summed E-state index contributed by atoms with van der Waals surface area (Å²) >= 11 is 4.77. The zero-order valence-electron chi connectivity index (χ0n) is 9.40. The van der Waals surface area contributed by atoms with Crippen molar-refractivity contribution < 1.29 is 4.74 Å². The SMILES string of the molecule is COc1nc(C)cc(=O)n1CCCC(N)=S. The molecule has 0 spiro atoms. The molecule has 2 N–H and O–H groups in total. The minimum atomic E-state index is -0.118. The van der Waals surface area contributed by atoms with Crippen LogP contribution in [0.1, 0.15) is 18.5 Å². The van der Waals surface area contributed by atoms with Gasteiger partial charge in [0.25, 0.3) is 11.6 Å². The van der Waals surface area contributed by atoms with Crippen molar-refractivity contribution in [2.75, 3.05) is 7.11 Å². The Bertz CT molecular complexity index is 442. The first-order chi connectivity index (χ1) is 7.54. The minimum absolute atomic E-state index is 0.118. The van der Waals surface area contributed by atoms with Gasteiger partial charge in [0, 0.05) is 18.3 Å². The summed E-state index contributed by atoms with van der Waals surface area (Å²) in [6.07, 6.45) is 1.31. The zero-order valence-corrected chi connectivity index (χ0v) is 10.2. The van der Waals surface area contributed by atoms with Gasteiger partial charge in [-0.05, 0) is 19.8 Å². The van der Waals surface area contributed by atoms with Gasteiger partial charge >= 0.3 is 0 Å². The van der Waals surface area contributed by atoms with Gasteiger partial charge in [-0.15, -0.1) is 0 Å². The van der Waals surface area contributed by atoms with E-state index in [0.29, 0.717) is 36.1 Å². The van der Waals surface area contributed by atoms with Crippen LogP contribution in [-0.2, 0) is 6.54 Å². The summed E-state index contributed by atoms with van der Waals surface area (Å²) in [6.45, 7) is 2.26. The second-order valence-electron chi connectivity index (χ2n) is 3.44. The number of thiocarbonyl (C=S) groups is 1. The second-order valence-corrected chi connectivity index (χ2v) is 3.97. The van der Waals surface area contributed by atoms with Gasteiger partial charge in [0.1, 0.15) is 0 Å². The summed E-state index contributed by atoms with van der Waals surface area (Å²) in [5.74, 6) is 0. The van der Waals surface area contributed by atoms with E-state index in [-0.39, 0.29) is 5.56 Å². The minimum Gasteiger partial charge on any atom is -0.468 e. The number of hydrogen-bond donors (Lipinski definition) is 1. The summed E-state index contributed by atoms with van der Waals surface area (Å²) in [4.78, 5) is 16.3. The van der Waals surface area contributed by atoms with E-state index in [0.717, 1.165) is 0 Å². The molecule has 0 saturated heterocycles. The molecule has 0 saturated carbocycles. The van der Waals surface area contributed by atoms with E-state index in [1.54, 1.807) is 6.92 Å². The van der Waals surface area contributed by atoms with Crippen molar-refractivity contribution in [1.82, 2.24) is 9.55 Å². The third-order valence-electron chi connectivity index (χ3n) is 2.09. The molecular weight excluding hydrogens is 226 g/mol. The van der Waals surface area contributed by atoms with Crippen LogP contribution >= 0.6 is 12.2 Å². The van der Waals surface area contributed by atoms with Gasteiger partial charge in [-0.2, -0.15) is 0 Å². The lowest BCUT2D eigenvalue weighted by Gasteiger charge is -2.10. The van der Waals surface area contributed by atoms with Crippen LogP contribution in [0.5, 0.6) is 6.01 Å². The molecule has 6 heteroatoms. The van der Waals surface area contributed by atoms with Crippen LogP contribution in [-0.4, -0.2) is 21.6 Å². The predicted octanol–water partition coefficient (Wildman–Crippen LogP) is 0.627. The highest BCUT2D eigenvalue weighted by atomic mass is 32.1. The molecule has 1 aromatic rings. The van der Waals surface area contributed by atoms with Gasteiger partial charge in [-0.25, -0.2) is 4.98 Å². The molecule has 0 unspecified atom stereocenters. The van der Waals surface area contributed by atoms with E-state index >= 15 is 0 Å². The average Bonchev–Trinajstić information content (AvgIpc) is 2.20. The molecule has 0 aliphatic heterocycles. The lowest BCUT2D eigenvalue weighted by atomic mass is 10.3. The number of methoxy groups -OCH3 is 1. The third kappa shape index (κ3) is 3.30. The Kier molecular flexibility index (Phi) is 4.42. The van der Waals surface area contributed by atoms with Crippen LogP contribution in [0.15, 0.2) is 10.9 Å². The van der Waals surface area contributed by atoms with Crippen molar-refractivity contribution in [2.24, 2.45) is 5.73 Å². The molecule has 1 heterocycles. The van der Waals surface area contributed by atoms with Gasteiger partial charge in [-0.1, -0.05) is 12.2 Å². The van der Waals surface area contributed by atoms with Gasteiger partial charge in [0.05, 0.1) is 12.1 Å². The molecule has 1 rings (SSSR count). The van der Waals surface area contributed by atoms with E-state index in [1.807, 2.05) is 0 Å².